The first-order valence-electron chi connectivity index (χ1n) is 7.16. The van der Waals surface area contributed by atoms with Gasteiger partial charge in [-0.3, -0.25) is 0 Å². The van der Waals surface area contributed by atoms with E-state index in [0.717, 1.165) is 24.2 Å². The maximum absolute atomic E-state index is 11.7. The van der Waals surface area contributed by atoms with Gasteiger partial charge in [-0.05, 0) is 31.7 Å². The Kier molecular flexibility index (Phi) is 3.62. The third-order valence-electron chi connectivity index (χ3n) is 3.86. The number of hydrogen-bond acceptors (Lipinski definition) is 3. The Morgan fingerprint density at radius 2 is 2.00 bits per heavy atom. The van der Waals surface area contributed by atoms with Crippen molar-refractivity contribution in [1.29, 1.82) is 0 Å². The molecule has 2 fully saturated rings. The highest BCUT2D eigenvalue weighted by Gasteiger charge is 2.25. The van der Waals surface area contributed by atoms with E-state index in [0.29, 0.717) is 18.5 Å². The van der Waals surface area contributed by atoms with Crippen molar-refractivity contribution >= 4 is 6.03 Å². The van der Waals surface area contributed by atoms with Gasteiger partial charge in [-0.25, -0.2) is 14.8 Å². The quantitative estimate of drug-likeness (QED) is 0.871. The number of rotatable bonds is 4. The van der Waals surface area contributed by atoms with E-state index >= 15 is 0 Å². The van der Waals surface area contributed by atoms with E-state index in [1.54, 1.807) is 6.33 Å². The van der Waals surface area contributed by atoms with Crippen LogP contribution in [0.2, 0.25) is 0 Å². The Morgan fingerprint density at radius 1 is 1.21 bits per heavy atom. The van der Waals surface area contributed by atoms with E-state index in [-0.39, 0.29) is 6.03 Å². The zero-order valence-corrected chi connectivity index (χ0v) is 11.1. The number of amides is 2. The monoisotopic (exact) mass is 260 g/mol. The van der Waals surface area contributed by atoms with Crippen molar-refractivity contribution in [2.45, 2.75) is 57.0 Å². The topological polar surface area (TPSA) is 66.9 Å². The van der Waals surface area contributed by atoms with Crippen LogP contribution in [0.3, 0.4) is 0 Å². The minimum atomic E-state index is -0.0847. The lowest BCUT2D eigenvalue weighted by Crippen LogP contribution is -2.40. The van der Waals surface area contributed by atoms with Crippen molar-refractivity contribution in [1.82, 2.24) is 20.6 Å². The Morgan fingerprint density at radius 3 is 2.74 bits per heavy atom. The van der Waals surface area contributed by atoms with Gasteiger partial charge in [0, 0.05) is 17.7 Å². The van der Waals surface area contributed by atoms with Gasteiger partial charge in [0.15, 0.2) is 0 Å². The van der Waals surface area contributed by atoms with Crippen molar-refractivity contribution < 1.29 is 4.79 Å². The Hall–Kier alpha value is -1.65. The molecule has 0 unspecified atom stereocenters. The van der Waals surface area contributed by atoms with Crippen LogP contribution >= 0.6 is 0 Å². The number of hydrogen-bond donors (Lipinski definition) is 2. The second-order valence-electron chi connectivity index (χ2n) is 5.52. The van der Waals surface area contributed by atoms with Crippen LogP contribution in [0.4, 0.5) is 4.79 Å². The molecule has 1 aromatic rings. The number of urea groups is 1. The molecule has 2 aliphatic rings. The molecule has 0 atom stereocenters. The molecule has 3 rings (SSSR count). The first-order valence-corrected chi connectivity index (χ1v) is 7.16. The normalized spacial score (nSPS) is 19.4. The molecule has 1 heterocycles. The highest BCUT2D eigenvalue weighted by molar-refractivity contribution is 5.74. The zero-order valence-electron chi connectivity index (χ0n) is 11.1. The number of nitrogens with one attached hydrogen (secondary N) is 2. The smallest absolute Gasteiger partial charge is 0.315 e. The zero-order chi connectivity index (χ0) is 13.1. The van der Waals surface area contributed by atoms with Gasteiger partial charge in [-0.2, -0.15) is 0 Å². The molecule has 102 valence electrons. The molecular formula is C14H20N4O. The Labute approximate surface area is 113 Å². The van der Waals surface area contributed by atoms with Crippen molar-refractivity contribution in [3.63, 3.8) is 0 Å². The second kappa shape index (κ2) is 5.55. The Balaban J connectivity index is 1.48. The SMILES string of the molecule is O=C(NCc1cc(C2CC2)ncn1)NC1CCCC1. The summed E-state index contributed by atoms with van der Waals surface area (Å²) in [6.45, 7) is 0.473. The maximum atomic E-state index is 11.7. The van der Waals surface area contributed by atoms with Gasteiger partial charge < -0.3 is 10.6 Å². The highest BCUT2D eigenvalue weighted by atomic mass is 16.2. The summed E-state index contributed by atoms with van der Waals surface area (Å²) in [6, 6.07) is 2.28. The van der Waals surface area contributed by atoms with E-state index in [1.165, 1.54) is 25.7 Å². The van der Waals surface area contributed by atoms with Crippen molar-refractivity contribution in [3.05, 3.63) is 23.8 Å². The van der Waals surface area contributed by atoms with E-state index < -0.39 is 0 Å². The maximum Gasteiger partial charge on any atom is 0.315 e. The summed E-state index contributed by atoms with van der Waals surface area (Å²) in [5, 5.41) is 5.88. The van der Waals surface area contributed by atoms with E-state index in [9.17, 15) is 4.79 Å². The van der Waals surface area contributed by atoms with Crippen molar-refractivity contribution in [3.8, 4) is 0 Å². The van der Waals surface area contributed by atoms with Gasteiger partial charge in [0.25, 0.3) is 0 Å². The molecular weight excluding hydrogens is 240 g/mol. The fraction of sp³-hybridized carbons (Fsp3) is 0.643. The van der Waals surface area contributed by atoms with Gasteiger partial charge in [-0.1, -0.05) is 12.8 Å². The molecule has 1 aromatic heterocycles. The van der Waals surface area contributed by atoms with Crippen LogP contribution in [0, 0.1) is 0 Å². The van der Waals surface area contributed by atoms with Crippen LogP contribution in [0.15, 0.2) is 12.4 Å². The summed E-state index contributed by atoms with van der Waals surface area (Å²) in [4.78, 5) is 20.2. The molecule has 2 aliphatic carbocycles. The predicted molar refractivity (Wildman–Crippen MR) is 71.6 cm³/mol. The summed E-state index contributed by atoms with van der Waals surface area (Å²) >= 11 is 0. The minimum absolute atomic E-state index is 0.0847. The minimum Gasteiger partial charge on any atom is -0.335 e. The van der Waals surface area contributed by atoms with E-state index in [4.69, 9.17) is 0 Å². The van der Waals surface area contributed by atoms with Crippen LogP contribution in [0.1, 0.15) is 55.8 Å². The molecule has 0 spiro atoms. The molecule has 2 amide bonds. The molecule has 0 aliphatic heterocycles. The first kappa shape index (κ1) is 12.4. The summed E-state index contributed by atoms with van der Waals surface area (Å²) in [5.41, 5.74) is 2.00. The van der Waals surface area contributed by atoms with Gasteiger partial charge in [0.05, 0.1) is 12.2 Å². The van der Waals surface area contributed by atoms with Gasteiger partial charge in [0.2, 0.25) is 0 Å². The van der Waals surface area contributed by atoms with Crippen molar-refractivity contribution in [2.75, 3.05) is 0 Å². The number of carbonyl (C=O) groups excluding carboxylic acids is 1. The first-order chi connectivity index (χ1) is 9.31. The Bertz CT molecular complexity index is 453. The summed E-state index contributed by atoms with van der Waals surface area (Å²) in [6.07, 6.45) is 8.71. The van der Waals surface area contributed by atoms with Crippen LogP contribution in [0.25, 0.3) is 0 Å². The molecule has 2 saturated carbocycles. The molecule has 19 heavy (non-hydrogen) atoms. The third-order valence-corrected chi connectivity index (χ3v) is 3.86. The second-order valence-corrected chi connectivity index (χ2v) is 5.52. The van der Waals surface area contributed by atoms with E-state index in [2.05, 4.69) is 20.6 Å². The number of carbonyl (C=O) groups is 1. The van der Waals surface area contributed by atoms with Gasteiger partial charge in [-0.15, -0.1) is 0 Å². The summed E-state index contributed by atoms with van der Waals surface area (Å²) < 4.78 is 0. The lowest BCUT2D eigenvalue weighted by atomic mass is 10.2. The summed E-state index contributed by atoms with van der Waals surface area (Å²) in [7, 11) is 0. The highest BCUT2D eigenvalue weighted by Crippen LogP contribution is 2.38. The molecule has 0 radical (unpaired) electrons. The molecule has 0 aromatic carbocycles. The fourth-order valence-electron chi connectivity index (χ4n) is 2.59. The van der Waals surface area contributed by atoms with Gasteiger partial charge in [0.1, 0.15) is 6.33 Å². The van der Waals surface area contributed by atoms with Crippen LogP contribution in [0.5, 0.6) is 0 Å². The lowest BCUT2D eigenvalue weighted by Gasteiger charge is -2.12. The van der Waals surface area contributed by atoms with Crippen molar-refractivity contribution in [2.24, 2.45) is 0 Å². The molecule has 5 heteroatoms. The van der Waals surface area contributed by atoms with Gasteiger partial charge >= 0.3 is 6.03 Å². The largest absolute Gasteiger partial charge is 0.335 e. The standard InChI is InChI=1S/C14H20N4O/c19-14(18-11-3-1-2-4-11)15-8-12-7-13(10-5-6-10)17-9-16-12/h7,9-11H,1-6,8H2,(H2,15,18,19). The van der Waals surface area contributed by atoms with Crippen LogP contribution in [-0.4, -0.2) is 22.0 Å². The molecule has 5 nitrogen and oxygen atoms in total. The molecule has 0 bridgehead atoms. The average molecular weight is 260 g/mol. The lowest BCUT2D eigenvalue weighted by molar-refractivity contribution is 0.236. The molecule has 2 N–H and O–H groups in total. The third kappa shape index (κ3) is 3.43. The average Bonchev–Trinajstić information content (AvgIpc) is 3.16. The van der Waals surface area contributed by atoms with Crippen LogP contribution in [-0.2, 0) is 6.54 Å². The fourth-order valence-corrected chi connectivity index (χ4v) is 2.59. The van der Waals surface area contributed by atoms with E-state index in [1.807, 2.05) is 6.07 Å². The number of aromatic nitrogens is 2. The summed E-state index contributed by atoms with van der Waals surface area (Å²) in [5.74, 6) is 0.620. The van der Waals surface area contributed by atoms with Crippen LogP contribution < -0.4 is 10.6 Å². The molecule has 0 saturated heterocycles. The predicted octanol–water partition coefficient (Wildman–Crippen LogP) is 2.10. The number of nitrogens with zero attached hydrogens (tertiary/aromatic N) is 2.